The summed E-state index contributed by atoms with van der Waals surface area (Å²) in [5, 5.41) is 4.48. The molecule has 0 spiro atoms. The molecule has 8 nitrogen and oxygen atoms in total. The summed E-state index contributed by atoms with van der Waals surface area (Å²) in [6.45, 7) is 2.74. The molecule has 0 unspecified atom stereocenters. The van der Waals surface area contributed by atoms with Crippen molar-refractivity contribution in [1.82, 2.24) is 19.6 Å². The van der Waals surface area contributed by atoms with Crippen LogP contribution in [0.2, 0.25) is 0 Å². The molecule has 0 saturated carbocycles. The quantitative estimate of drug-likeness (QED) is 0.396. The Bertz CT molecular complexity index is 1440. The van der Waals surface area contributed by atoms with Crippen molar-refractivity contribution in [3.8, 4) is 22.8 Å². The van der Waals surface area contributed by atoms with Gasteiger partial charge < -0.3 is 14.4 Å². The highest BCUT2D eigenvalue weighted by molar-refractivity contribution is 5.76. The maximum atomic E-state index is 13.2. The zero-order valence-corrected chi connectivity index (χ0v) is 20.9. The fourth-order valence-electron chi connectivity index (χ4n) is 5.11. The fraction of sp³-hybridized carbons (Fsp3) is 0.233. The molecule has 3 heterocycles. The molecule has 0 aliphatic carbocycles. The number of hydrogen-bond donors (Lipinski definition) is 0. The molecular formula is C30H28N4O4. The van der Waals surface area contributed by atoms with E-state index in [9.17, 15) is 9.59 Å². The highest BCUT2D eigenvalue weighted by Crippen LogP contribution is 2.35. The van der Waals surface area contributed by atoms with Gasteiger partial charge in [0.2, 0.25) is 12.7 Å². The third kappa shape index (κ3) is 4.90. The lowest BCUT2D eigenvalue weighted by molar-refractivity contribution is -0.134. The molecule has 38 heavy (non-hydrogen) atoms. The normalized spacial score (nSPS) is 15.1. The molecule has 0 N–H and O–H groups in total. The maximum Gasteiger partial charge on any atom is 0.267 e. The second-order valence-electron chi connectivity index (χ2n) is 9.42. The third-order valence-electron chi connectivity index (χ3n) is 7.08. The fourth-order valence-corrected chi connectivity index (χ4v) is 5.11. The second kappa shape index (κ2) is 10.5. The summed E-state index contributed by atoms with van der Waals surface area (Å²) in [7, 11) is 0. The van der Waals surface area contributed by atoms with Crippen LogP contribution >= 0.6 is 0 Å². The van der Waals surface area contributed by atoms with Crippen molar-refractivity contribution in [2.45, 2.75) is 12.6 Å². The summed E-state index contributed by atoms with van der Waals surface area (Å²) >= 11 is 0. The largest absolute Gasteiger partial charge is 0.454 e. The Kier molecular flexibility index (Phi) is 6.62. The van der Waals surface area contributed by atoms with Gasteiger partial charge in [0.1, 0.15) is 6.54 Å². The second-order valence-corrected chi connectivity index (χ2v) is 9.42. The molecule has 3 aromatic carbocycles. The minimum atomic E-state index is -0.310. The Labute approximate surface area is 220 Å². The van der Waals surface area contributed by atoms with Crippen LogP contribution in [0.5, 0.6) is 11.5 Å². The van der Waals surface area contributed by atoms with E-state index in [1.54, 1.807) is 6.07 Å². The van der Waals surface area contributed by atoms with E-state index >= 15 is 0 Å². The first-order valence-electron chi connectivity index (χ1n) is 12.8. The maximum absolute atomic E-state index is 13.2. The molecule has 2 aliphatic rings. The molecule has 1 aromatic heterocycles. The highest BCUT2D eigenvalue weighted by Gasteiger charge is 2.28. The van der Waals surface area contributed by atoms with Crippen molar-refractivity contribution in [2.24, 2.45) is 0 Å². The van der Waals surface area contributed by atoms with Crippen molar-refractivity contribution in [3.05, 3.63) is 112 Å². The van der Waals surface area contributed by atoms with Crippen molar-refractivity contribution in [1.29, 1.82) is 0 Å². The number of benzene rings is 3. The molecule has 192 valence electrons. The topological polar surface area (TPSA) is 76.9 Å². The Hall–Kier alpha value is -4.43. The van der Waals surface area contributed by atoms with E-state index in [0.717, 1.165) is 18.7 Å². The molecule has 0 atom stereocenters. The van der Waals surface area contributed by atoms with Crippen LogP contribution in [-0.4, -0.2) is 58.5 Å². The van der Waals surface area contributed by atoms with Gasteiger partial charge in [-0.1, -0.05) is 60.7 Å². The lowest BCUT2D eigenvalue weighted by atomic mass is 9.96. The first-order valence-corrected chi connectivity index (χ1v) is 12.8. The van der Waals surface area contributed by atoms with E-state index in [4.69, 9.17) is 9.47 Å². The average molecular weight is 509 g/mol. The van der Waals surface area contributed by atoms with Crippen LogP contribution in [-0.2, 0) is 11.3 Å². The standard InChI is InChI=1S/C30H28N4O4/c35-28-14-12-25(24-11-13-26-27(19-24)38-21-37-26)31-34(28)20-29(36)32-15-17-33(18-16-32)30(22-7-3-1-4-8-22)23-9-5-2-6-10-23/h1-14,19,30H,15-18,20-21H2. The lowest BCUT2D eigenvalue weighted by Crippen LogP contribution is -2.51. The first kappa shape index (κ1) is 23.9. The molecule has 6 rings (SSSR count). The number of piperazine rings is 1. The number of hydrogen-bond acceptors (Lipinski definition) is 6. The Morgan fingerprint density at radius 1 is 0.789 bits per heavy atom. The molecule has 1 fully saturated rings. The predicted octanol–water partition coefficient (Wildman–Crippen LogP) is 3.57. The van der Waals surface area contributed by atoms with Gasteiger partial charge in [-0.15, -0.1) is 0 Å². The van der Waals surface area contributed by atoms with Gasteiger partial charge in [-0.05, 0) is 35.4 Å². The van der Waals surface area contributed by atoms with Gasteiger partial charge >= 0.3 is 0 Å². The average Bonchev–Trinajstić information content (AvgIpc) is 3.44. The molecule has 8 heteroatoms. The van der Waals surface area contributed by atoms with E-state index in [2.05, 4.69) is 58.5 Å². The van der Waals surface area contributed by atoms with Gasteiger partial charge in [0.15, 0.2) is 11.5 Å². The summed E-state index contributed by atoms with van der Waals surface area (Å²) in [6, 6.07) is 29.7. The molecule has 4 aromatic rings. The van der Waals surface area contributed by atoms with Crippen LogP contribution in [0.1, 0.15) is 17.2 Å². The molecule has 1 saturated heterocycles. The summed E-state index contributed by atoms with van der Waals surface area (Å²) in [6.07, 6.45) is 0. The molecule has 0 radical (unpaired) electrons. The first-order chi connectivity index (χ1) is 18.7. The molecule has 2 aliphatic heterocycles. The number of ether oxygens (including phenoxy) is 2. The summed E-state index contributed by atoms with van der Waals surface area (Å²) in [4.78, 5) is 30.0. The zero-order valence-electron chi connectivity index (χ0n) is 20.9. The van der Waals surface area contributed by atoms with Gasteiger partial charge in [0, 0.05) is 37.8 Å². The van der Waals surface area contributed by atoms with E-state index in [1.807, 2.05) is 35.2 Å². The molecule has 1 amide bonds. The Balaban J connectivity index is 1.15. The minimum Gasteiger partial charge on any atom is -0.454 e. The summed E-state index contributed by atoms with van der Waals surface area (Å²) < 4.78 is 12.1. The van der Waals surface area contributed by atoms with Crippen LogP contribution < -0.4 is 15.0 Å². The third-order valence-corrected chi connectivity index (χ3v) is 7.08. The van der Waals surface area contributed by atoms with Crippen molar-refractivity contribution < 1.29 is 14.3 Å². The van der Waals surface area contributed by atoms with Crippen LogP contribution in [0.4, 0.5) is 0 Å². The predicted molar refractivity (Wildman–Crippen MR) is 143 cm³/mol. The molecule has 0 bridgehead atoms. The number of amides is 1. The van der Waals surface area contributed by atoms with Crippen molar-refractivity contribution >= 4 is 5.91 Å². The van der Waals surface area contributed by atoms with Gasteiger partial charge in [-0.2, -0.15) is 5.10 Å². The van der Waals surface area contributed by atoms with Gasteiger partial charge in [0.25, 0.3) is 5.56 Å². The number of fused-ring (bicyclic) bond motifs is 1. The minimum absolute atomic E-state index is 0.0992. The Morgan fingerprint density at radius 3 is 2.13 bits per heavy atom. The smallest absolute Gasteiger partial charge is 0.267 e. The van der Waals surface area contributed by atoms with Crippen LogP contribution in [0.25, 0.3) is 11.3 Å². The van der Waals surface area contributed by atoms with Gasteiger partial charge in [0.05, 0.1) is 11.7 Å². The van der Waals surface area contributed by atoms with Gasteiger partial charge in [-0.3, -0.25) is 14.5 Å². The number of rotatable bonds is 6. The van der Waals surface area contributed by atoms with E-state index in [1.165, 1.54) is 21.9 Å². The van der Waals surface area contributed by atoms with Crippen LogP contribution in [0.15, 0.2) is 95.8 Å². The Morgan fingerprint density at radius 2 is 1.45 bits per heavy atom. The number of carbonyl (C=O) groups is 1. The van der Waals surface area contributed by atoms with Crippen molar-refractivity contribution in [2.75, 3.05) is 33.0 Å². The van der Waals surface area contributed by atoms with Gasteiger partial charge in [-0.25, -0.2) is 4.68 Å². The number of carbonyl (C=O) groups excluding carboxylic acids is 1. The monoisotopic (exact) mass is 508 g/mol. The van der Waals surface area contributed by atoms with Crippen LogP contribution in [0.3, 0.4) is 0 Å². The summed E-state index contributed by atoms with van der Waals surface area (Å²) in [5.41, 5.74) is 3.53. The van der Waals surface area contributed by atoms with E-state index < -0.39 is 0 Å². The number of nitrogens with zero attached hydrogens (tertiary/aromatic N) is 4. The molecular weight excluding hydrogens is 480 g/mol. The highest BCUT2D eigenvalue weighted by atomic mass is 16.7. The van der Waals surface area contributed by atoms with E-state index in [-0.39, 0.29) is 30.8 Å². The van der Waals surface area contributed by atoms with E-state index in [0.29, 0.717) is 30.3 Å². The zero-order chi connectivity index (χ0) is 25.9. The lowest BCUT2D eigenvalue weighted by Gasteiger charge is -2.39. The van der Waals surface area contributed by atoms with Crippen LogP contribution in [0, 0.1) is 0 Å². The van der Waals surface area contributed by atoms with Crippen molar-refractivity contribution in [3.63, 3.8) is 0 Å². The number of aromatic nitrogens is 2. The SMILES string of the molecule is O=C(Cn1nc(-c2ccc3c(c2)OCO3)ccc1=O)N1CCN(C(c2ccccc2)c2ccccc2)CC1. The summed E-state index contributed by atoms with van der Waals surface area (Å²) in [5.74, 6) is 1.21.